The molecule has 0 bridgehead atoms. The third-order valence-corrected chi connectivity index (χ3v) is 3.32. The van der Waals surface area contributed by atoms with Gasteiger partial charge >= 0.3 is 5.97 Å². The van der Waals surface area contributed by atoms with Gasteiger partial charge < -0.3 is 10.2 Å². The quantitative estimate of drug-likeness (QED) is 0.851. The highest BCUT2D eigenvalue weighted by atomic mass is 35.5. The van der Waals surface area contributed by atoms with Crippen LogP contribution in [0.4, 0.5) is 0 Å². The van der Waals surface area contributed by atoms with Crippen LogP contribution in [0.2, 0.25) is 5.02 Å². The highest BCUT2D eigenvalue weighted by molar-refractivity contribution is 6.32. The van der Waals surface area contributed by atoms with Crippen LogP contribution in [0.3, 0.4) is 0 Å². The summed E-state index contributed by atoms with van der Waals surface area (Å²) in [5.41, 5.74) is 1.13. The molecule has 0 atom stereocenters. The van der Waals surface area contributed by atoms with E-state index in [-0.39, 0.29) is 22.4 Å². The van der Waals surface area contributed by atoms with E-state index >= 15 is 0 Å². The number of ketones is 1. The summed E-state index contributed by atoms with van der Waals surface area (Å²) in [6, 6.07) is 8.30. The fraction of sp³-hybridized carbons (Fsp3) is 0.0667. The number of phenols is 1. The van der Waals surface area contributed by atoms with Gasteiger partial charge in [0, 0.05) is 10.6 Å². The molecule has 0 aliphatic rings. The Morgan fingerprint density at radius 2 is 1.60 bits per heavy atom. The molecule has 0 aromatic heterocycles. The van der Waals surface area contributed by atoms with Crippen molar-refractivity contribution in [3.8, 4) is 5.75 Å². The average molecular weight is 291 g/mol. The van der Waals surface area contributed by atoms with Crippen molar-refractivity contribution in [3.05, 3.63) is 63.7 Å². The van der Waals surface area contributed by atoms with Gasteiger partial charge in [-0.1, -0.05) is 23.7 Å². The Balaban J connectivity index is 2.41. The van der Waals surface area contributed by atoms with Gasteiger partial charge in [-0.2, -0.15) is 0 Å². The number of rotatable bonds is 3. The molecule has 2 rings (SSSR count). The summed E-state index contributed by atoms with van der Waals surface area (Å²) in [6.45, 7) is 1.72. The topological polar surface area (TPSA) is 74.6 Å². The third kappa shape index (κ3) is 2.65. The Kier molecular flexibility index (Phi) is 3.77. The van der Waals surface area contributed by atoms with E-state index in [0.717, 1.165) is 0 Å². The van der Waals surface area contributed by atoms with Crippen LogP contribution in [0.15, 0.2) is 36.4 Å². The molecule has 4 nitrogen and oxygen atoms in total. The van der Waals surface area contributed by atoms with Gasteiger partial charge in [0.05, 0.1) is 11.1 Å². The SMILES string of the molecule is Cc1cc(O)c(C(=O)c2ccc(C(=O)O)cc2)cc1Cl. The molecule has 0 aliphatic heterocycles. The van der Waals surface area contributed by atoms with Gasteiger partial charge in [0.25, 0.3) is 0 Å². The van der Waals surface area contributed by atoms with Crippen molar-refractivity contribution in [2.45, 2.75) is 6.92 Å². The monoisotopic (exact) mass is 290 g/mol. The van der Waals surface area contributed by atoms with Crippen LogP contribution in [0.5, 0.6) is 5.75 Å². The van der Waals surface area contributed by atoms with E-state index in [1.807, 2.05) is 0 Å². The smallest absolute Gasteiger partial charge is 0.335 e. The van der Waals surface area contributed by atoms with Crippen molar-refractivity contribution in [1.29, 1.82) is 0 Å². The summed E-state index contributed by atoms with van der Waals surface area (Å²) in [5.74, 6) is -1.63. The number of hydrogen-bond donors (Lipinski definition) is 2. The fourth-order valence-electron chi connectivity index (χ4n) is 1.77. The Labute approximate surface area is 120 Å². The minimum atomic E-state index is -1.06. The summed E-state index contributed by atoms with van der Waals surface area (Å²) < 4.78 is 0. The van der Waals surface area contributed by atoms with E-state index in [1.165, 1.54) is 36.4 Å². The summed E-state index contributed by atoms with van der Waals surface area (Å²) in [5, 5.41) is 19.0. The van der Waals surface area contributed by atoms with E-state index in [0.29, 0.717) is 10.6 Å². The van der Waals surface area contributed by atoms with Crippen LogP contribution < -0.4 is 0 Å². The van der Waals surface area contributed by atoms with Crippen LogP contribution in [-0.4, -0.2) is 22.0 Å². The second-order valence-electron chi connectivity index (χ2n) is 4.33. The van der Waals surface area contributed by atoms with Crippen molar-refractivity contribution < 1.29 is 19.8 Å². The lowest BCUT2D eigenvalue weighted by Gasteiger charge is -2.07. The first-order chi connectivity index (χ1) is 9.40. The number of aromatic carboxylic acids is 1. The molecular formula is C15H11ClO4. The molecule has 2 aromatic carbocycles. The molecule has 0 radical (unpaired) electrons. The molecule has 2 aromatic rings. The predicted molar refractivity (Wildman–Crippen MR) is 74.7 cm³/mol. The number of carboxylic acids is 1. The highest BCUT2D eigenvalue weighted by Crippen LogP contribution is 2.27. The maximum atomic E-state index is 12.2. The minimum absolute atomic E-state index is 0.0867. The normalized spacial score (nSPS) is 10.3. The fourth-order valence-corrected chi connectivity index (χ4v) is 1.93. The van der Waals surface area contributed by atoms with Crippen LogP contribution in [-0.2, 0) is 0 Å². The number of aromatic hydroxyl groups is 1. The maximum absolute atomic E-state index is 12.2. The zero-order chi connectivity index (χ0) is 14.9. The summed E-state index contributed by atoms with van der Waals surface area (Å²) in [4.78, 5) is 23.0. The van der Waals surface area contributed by atoms with Crippen molar-refractivity contribution in [2.75, 3.05) is 0 Å². The van der Waals surface area contributed by atoms with Gasteiger partial charge in [0.1, 0.15) is 5.75 Å². The maximum Gasteiger partial charge on any atom is 0.335 e. The molecule has 0 amide bonds. The standard InChI is InChI=1S/C15H11ClO4/c1-8-6-13(17)11(7-12(8)16)14(18)9-2-4-10(5-3-9)15(19)20/h2-7,17H,1H3,(H,19,20). The van der Waals surface area contributed by atoms with E-state index in [9.17, 15) is 14.7 Å². The molecule has 0 heterocycles. The molecule has 0 aliphatic carbocycles. The van der Waals surface area contributed by atoms with Crippen molar-refractivity contribution in [2.24, 2.45) is 0 Å². The van der Waals surface area contributed by atoms with Crippen LogP contribution in [0, 0.1) is 6.92 Å². The second kappa shape index (κ2) is 5.35. The predicted octanol–water partition coefficient (Wildman–Crippen LogP) is 3.28. The van der Waals surface area contributed by atoms with E-state index in [4.69, 9.17) is 16.7 Å². The number of aryl methyl sites for hydroxylation is 1. The number of carbonyl (C=O) groups is 2. The van der Waals surface area contributed by atoms with Crippen LogP contribution in [0.25, 0.3) is 0 Å². The van der Waals surface area contributed by atoms with E-state index in [1.54, 1.807) is 6.92 Å². The molecule has 0 saturated heterocycles. The van der Waals surface area contributed by atoms with Gasteiger partial charge in [-0.05, 0) is 36.8 Å². The molecular weight excluding hydrogens is 280 g/mol. The van der Waals surface area contributed by atoms with Crippen molar-refractivity contribution in [1.82, 2.24) is 0 Å². The molecule has 0 spiro atoms. The van der Waals surface area contributed by atoms with Gasteiger partial charge in [-0.15, -0.1) is 0 Å². The largest absolute Gasteiger partial charge is 0.507 e. The molecule has 0 fully saturated rings. The summed E-state index contributed by atoms with van der Waals surface area (Å²) in [6.07, 6.45) is 0. The lowest BCUT2D eigenvalue weighted by molar-refractivity contribution is 0.0696. The van der Waals surface area contributed by atoms with Crippen LogP contribution >= 0.6 is 11.6 Å². The zero-order valence-electron chi connectivity index (χ0n) is 10.6. The van der Waals surface area contributed by atoms with Crippen molar-refractivity contribution >= 4 is 23.4 Å². The highest BCUT2D eigenvalue weighted by Gasteiger charge is 2.16. The summed E-state index contributed by atoms with van der Waals surface area (Å²) >= 11 is 5.94. The average Bonchev–Trinajstić information content (AvgIpc) is 2.42. The molecule has 5 heteroatoms. The molecule has 20 heavy (non-hydrogen) atoms. The van der Waals surface area contributed by atoms with E-state index < -0.39 is 11.8 Å². The Bertz CT molecular complexity index is 690. The molecule has 2 N–H and O–H groups in total. The Hall–Kier alpha value is -2.33. The molecule has 0 unspecified atom stereocenters. The van der Waals surface area contributed by atoms with Gasteiger partial charge in [-0.3, -0.25) is 4.79 Å². The lowest BCUT2D eigenvalue weighted by atomic mass is 10.00. The minimum Gasteiger partial charge on any atom is -0.507 e. The lowest BCUT2D eigenvalue weighted by Crippen LogP contribution is -2.03. The number of hydrogen-bond acceptors (Lipinski definition) is 3. The first-order valence-electron chi connectivity index (χ1n) is 5.77. The molecule has 0 saturated carbocycles. The molecule has 102 valence electrons. The Morgan fingerprint density at radius 1 is 1.05 bits per heavy atom. The number of benzene rings is 2. The zero-order valence-corrected chi connectivity index (χ0v) is 11.3. The second-order valence-corrected chi connectivity index (χ2v) is 4.74. The van der Waals surface area contributed by atoms with E-state index in [2.05, 4.69) is 0 Å². The van der Waals surface area contributed by atoms with Crippen molar-refractivity contribution in [3.63, 3.8) is 0 Å². The van der Waals surface area contributed by atoms with Crippen LogP contribution in [0.1, 0.15) is 31.8 Å². The van der Waals surface area contributed by atoms with Gasteiger partial charge in [0.15, 0.2) is 5.78 Å². The van der Waals surface area contributed by atoms with Gasteiger partial charge in [-0.25, -0.2) is 4.79 Å². The first-order valence-corrected chi connectivity index (χ1v) is 6.15. The number of halogens is 1. The number of carbonyl (C=O) groups excluding carboxylic acids is 1. The number of phenolic OH excluding ortho intramolecular Hbond substituents is 1. The third-order valence-electron chi connectivity index (χ3n) is 2.92. The Morgan fingerprint density at radius 3 is 2.15 bits per heavy atom. The van der Waals surface area contributed by atoms with Gasteiger partial charge in [0.2, 0.25) is 0 Å². The number of carboxylic acid groups (broad SMARTS) is 1. The first kappa shape index (κ1) is 14.1. The summed E-state index contributed by atoms with van der Waals surface area (Å²) in [7, 11) is 0.